The molecule has 0 aromatic heterocycles. The number of hydrogen-bond acceptors (Lipinski definition) is 4. The molecule has 58 valence electrons. The summed E-state index contributed by atoms with van der Waals surface area (Å²) in [5.74, 6) is 0. The molecule has 1 saturated carbocycles. The van der Waals surface area contributed by atoms with E-state index in [0.29, 0.717) is 6.42 Å². The lowest BCUT2D eigenvalue weighted by molar-refractivity contribution is -0.0759. The number of rotatable bonds is 0. The van der Waals surface area contributed by atoms with E-state index in [-0.39, 0.29) is 12.2 Å². The molecule has 1 aliphatic carbocycles. The quantitative estimate of drug-likeness (QED) is 0.354. The summed E-state index contributed by atoms with van der Waals surface area (Å²) in [7, 11) is 0. The molecule has 10 heavy (non-hydrogen) atoms. The SMILES string of the molecule is O[C@@H]1[C@H](O)[C@H]2O[C@H]2C[C@@H]1O. The minimum absolute atomic E-state index is 0.0200. The molecule has 2 aliphatic rings. The summed E-state index contributed by atoms with van der Waals surface area (Å²) in [6, 6.07) is 0. The third-order valence-corrected chi connectivity index (χ3v) is 2.18. The first-order valence-electron chi connectivity index (χ1n) is 3.40. The summed E-state index contributed by atoms with van der Waals surface area (Å²) >= 11 is 0. The van der Waals surface area contributed by atoms with E-state index in [1.807, 2.05) is 0 Å². The lowest BCUT2D eigenvalue weighted by Crippen LogP contribution is -2.45. The Hall–Kier alpha value is -0.160. The van der Waals surface area contributed by atoms with Gasteiger partial charge in [0.05, 0.1) is 12.2 Å². The molecule has 2 rings (SSSR count). The average Bonchev–Trinajstić information content (AvgIpc) is 2.62. The van der Waals surface area contributed by atoms with E-state index in [1.54, 1.807) is 0 Å². The van der Waals surface area contributed by atoms with E-state index in [1.165, 1.54) is 0 Å². The third kappa shape index (κ3) is 0.769. The van der Waals surface area contributed by atoms with Gasteiger partial charge in [-0.2, -0.15) is 0 Å². The monoisotopic (exact) mass is 146 g/mol. The molecule has 1 heterocycles. The zero-order valence-electron chi connectivity index (χ0n) is 5.34. The molecule has 0 spiro atoms. The molecular weight excluding hydrogens is 136 g/mol. The van der Waals surface area contributed by atoms with Crippen molar-refractivity contribution < 1.29 is 20.1 Å². The van der Waals surface area contributed by atoms with Gasteiger partial charge in [0.1, 0.15) is 18.3 Å². The highest BCUT2D eigenvalue weighted by Gasteiger charge is 2.54. The van der Waals surface area contributed by atoms with Crippen LogP contribution in [0.25, 0.3) is 0 Å². The topological polar surface area (TPSA) is 73.2 Å². The van der Waals surface area contributed by atoms with Crippen LogP contribution in [0.5, 0.6) is 0 Å². The highest BCUT2D eigenvalue weighted by molar-refractivity contribution is 5.02. The van der Waals surface area contributed by atoms with Crippen LogP contribution in [0.2, 0.25) is 0 Å². The van der Waals surface area contributed by atoms with E-state index >= 15 is 0 Å². The van der Waals surface area contributed by atoms with Crippen molar-refractivity contribution in [3.05, 3.63) is 0 Å². The van der Waals surface area contributed by atoms with Crippen LogP contribution in [0, 0.1) is 0 Å². The fourth-order valence-corrected chi connectivity index (χ4v) is 1.45. The summed E-state index contributed by atoms with van der Waals surface area (Å²) in [6.07, 6.45) is -2.54. The van der Waals surface area contributed by atoms with E-state index < -0.39 is 18.3 Å². The number of ether oxygens (including phenoxy) is 1. The lowest BCUT2D eigenvalue weighted by atomic mass is 9.92. The maximum Gasteiger partial charge on any atom is 0.113 e. The van der Waals surface area contributed by atoms with E-state index in [4.69, 9.17) is 20.1 Å². The Balaban J connectivity index is 2.07. The van der Waals surface area contributed by atoms with E-state index in [2.05, 4.69) is 0 Å². The minimum atomic E-state index is -1.02. The second-order valence-corrected chi connectivity index (χ2v) is 2.92. The van der Waals surface area contributed by atoms with Crippen LogP contribution in [0.3, 0.4) is 0 Å². The Morgan fingerprint density at radius 2 is 1.80 bits per heavy atom. The van der Waals surface area contributed by atoms with Crippen molar-refractivity contribution in [2.75, 3.05) is 0 Å². The highest BCUT2D eigenvalue weighted by atomic mass is 16.6. The van der Waals surface area contributed by atoms with Crippen LogP contribution >= 0.6 is 0 Å². The van der Waals surface area contributed by atoms with Crippen LogP contribution < -0.4 is 0 Å². The Morgan fingerprint density at radius 3 is 2.50 bits per heavy atom. The van der Waals surface area contributed by atoms with Crippen LogP contribution in [-0.4, -0.2) is 45.8 Å². The van der Waals surface area contributed by atoms with Crippen LogP contribution in [-0.2, 0) is 4.74 Å². The number of aliphatic hydroxyl groups excluding tert-OH is 3. The first-order valence-corrected chi connectivity index (χ1v) is 3.40. The first-order chi connectivity index (χ1) is 4.70. The molecule has 2 fully saturated rings. The molecule has 0 unspecified atom stereocenters. The molecular formula is C6H10O4. The molecule has 1 saturated heterocycles. The molecule has 0 bridgehead atoms. The lowest BCUT2D eigenvalue weighted by Gasteiger charge is -2.24. The zero-order valence-corrected chi connectivity index (χ0v) is 5.34. The summed E-state index contributed by atoms with van der Waals surface area (Å²) in [5.41, 5.74) is 0. The van der Waals surface area contributed by atoms with E-state index in [0.717, 1.165) is 0 Å². The van der Waals surface area contributed by atoms with Gasteiger partial charge in [0.2, 0.25) is 0 Å². The van der Waals surface area contributed by atoms with Gasteiger partial charge in [-0.25, -0.2) is 0 Å². The highest BCUT2D eigenvalue weighted by Crippen LogP contribution is 2.36. The minimum Gasteiger partial charge on any atom is -0.390 e. The van der Waals surface area contributed by atoms with Gasteiger partial charge in [-0.1, -0.05) is 0 Å². The molecule has 1 aliphatic heterocycles. The normalized spacial score (nSPS) is 59.7. The number of epoxide rings is 1. The van der Waals surface area contributed by atoms with Gasteiger partial charge in [0.25, 0.3) is 0 Å². The van der Waals surface area contributed by atoms with Crippen molar-refractivity contribution in [3.63, 3.8) is 0 Å². The summed E-state index contributed by atoms with van der Waals surface area (Å²) in [4.78, 5) is 0. The van der Waals surface area contributed by atoms with Crippen molar-refractivity contribution in [3.8, 4) is 0 Å². The van der Waals surface area contributed by atoms with Gasteiger partial charge in [-0.3, -0.25) is 0 Å². The third-order valence-electron chi connectivity index (χ3n) is 2.18. The Kier molecular flexibility index (Phi) is 1.25. The van der Waals surface area contributed by atoms with Crippen molar-refractivity contribution in [2.24, 2.45) is 0 Å². The van der Waals surface area contributed by atoms with Crippen molar-refractivity contribution in [1.82, 2.24) is 0 Å². The molecule has 5 atom stereocenters. The van der Waals surface area contributed by atoms with Crippen LogP contribution in [0.1, 0.15) is 6.42 Å². The summed E-state index contributed by atoms with van der Waals surface area (Å²) < 4.78 is 4.96. The fourth-order valence-electron chi connectivity index (χ4n) is 1.45. The van der Waals surface area contributed by atoms with Gasteiger partial charge in [0.15, 0.2) is 0 Å². The van der Waals surface area contributed by atoms with Crippen molar-refractivity contribution >= 4 is 0 Å². The first kappa shape index (κ1) is 6.54. The second-order valence-electron chi connectivity index (χ2n) is 2.92. The molecule has 4 nitrogen and oxygen atoms in total. The van der Waals surface area contributed by atoms with Gasteiger partial charge in [-0.05, 0) is 0 Å². The zero-order chi connectivity index (χ0) is 7.30. The predicted octanol–water partition coefficient (Wildman–Crippen LogP) is -1.76. The summed E-state index contributed by atoms with van der Waals surface area (Å²) in [5, 5.41) is 27.2. The van der Waals surface area contributed by atoms with Gasteiger partial charge < -0.3 is 20.1 Å². The maximum absolute atomic E-state index is 9.12. The molecule has 0 amide bonds. The van der Waals surface area contributed by atoms with Crippen molar-refractivity contribution in [2.45, 2.75) is 36.9 Å². The largest absolute Gasteiger partial charge is 0.390 e. The standard InChI is InChI=1S/C6H10O4/c7-2-1-3-6(10-3)5(9)4(2)8/h2-9H,1H2/t2-,3-,4-,5-,6-/m0/s1. The average molecular weight is 146 g/mol. The van der Waals surface area contributed by atoms with Gasteiger partial charge in [0, 0.05) is 6.42 Å². The molecule has 4 heteroatoms. The number of hydrogen-bond donors (Lipinski definition) is 3. The predicted molar refractivity (Wildman–Crippen MR) is 31.3 cm³/mol. The fraction of sp³-hybridized carbons (Fsp3) is 1.00. The molecule has 0 radical (unpaired) electrons. The van der Waals surface area contributed by atoms with Gasteiger partial charge >= 0.3 is 0 Å². The van der Waals surface area contributed by atoms with Crippen LogP contribution in [0.15, 0.2) is 0 Å². The Morgan fingerprint density at radius 1 is 1.10 bits per heavy atom. The smallest absolute Gasteiger partial charge is 0.113 e. The van der Waals surface area contributed by atoms with E-state index in [9.17, 15) is 0 Å². The Bertz CT molecular complexity index is 147. The molecule has 0 aromatic rings. The second kappa shape index (κ2) is 1.92. The maximum atomic E-state index is 9.12. The van der Waals surface area contributed by atoms with Gasteiger partial charge in [-0.15, -0.1) is 0 Å². The number of fused-ring (bicyclic) bond motifs is 1. The Labute approximate surface area is 58.0 Å². The number of aliphatic hydroxyl groups is 3. The van der Waals surface area contributed by atoms with Crippen LogP contribution in [0.4, 0.5) is 0 Å². The van der Waals surface area contributed by atoms with Crippen molar-refractivity contribution in [1.29, 1.82) is 0 Å². The molecule has 0 aromatic carbocycles. The summed E-state index contributed by atoms with van der Waals surface area (Å²) in [6.45, 7) is 0. The molecule has 3 N–H and O–H groups in total.